The fourth-order valence-electron chi connectivity index (χ4n) is 4.48. The van der Waals surface area contributed by atoms with Crippen LogP contribution in [-0.2, 0) is 6.42 Å². The fraction of sp³-hybridized carbons (Fsp3) is 0.667. The Morgan fingerprint density at radius 2 is 1.41 bits per heavy atom. The van der Waals surface area contributed by atoms with Crippen molar-refractivity contribution in [3.63, 3.8) is 0 Å². The molecule has 1 aromatic heterocycles. The number of rotatable bonds is 17. The molecule has 2 atom stereocenters. The first-order chi connectivity index (χ1) is 14.3. The van der Waals surface area contributed by atoms with E-state index in [1.807, 2.05) is 0 Å². The topological polar surface area (TPSA) is 19.7 Å². The predicted octanol–water partition coefficient (Wildman–Crippen LogP) is 7.81. The highest BCUT2D eigenvalue weighted by molar-refractivity contribution is 5.14. The lowest BCUT2D eigenvalue weighted by Gasteiger charge is -2.21. The van der Waals surface area contributed by atoms with Gasteiger partial charge in [-0.15, -0.1) is 0 Å². The van der Waals surface area contributed by atoms with Gasteiger partial charge >= 0.3 is 0 Å². The molecule has 0 radical (unpaired) electrons. The van der Waals surface area contributed by atoms with E-state index in [1.165, 1.54) is 95.5 Å². The Bertz CT molecular complexity index is 590. The number of aromatic nitrogens is 2. The summed E-state index contributed by atoms with van der Waals surface area (Å²) in [5.41, 5.74) is 1.46. The van der Waals surface area contributed by atoms with Crippen molar-refractivity contribution in [3.05, 3.63) is 54.6 Å². The van der Waals surface area contributed by atoms with Crippen LogP contribution < -0.4 is 4.57 Å². The summed E-state index contributed by atoms with van der Waals surface area (Å²) in [4.78, 5) is 3.24. The highest BCUT2D eigenvalue weighted by Gasteiger charge is 2.22. The molecule has 2 aromatic rings. The maximum atomic E-state index is 3.24. The average molecular weight is 398 g/mol. The van der Waals surface area contributed by atoms with Gasteiger partial charge in [0.2, 0.25) is 6.33 Å². The Hall–Kier alpha value is -1.57. The zero-order valence-corrected chi connectivity index (χ0v) is 19.1. The standard InChI is InChI=1S/C27H44N2/c1-3-4-5-6-7-8-9-10-11-12-16-19-27(29-23-22-28-24-29)25(2)20-21-26-17-14-13-15-18-26/h13-15,17-18,22-25,27H,3-12,16,19-21H2,1-2H3/p+1. The maximum Gasteiger partial charge on any atom is 0.241 e. The van der Waals surface area contributed by atoms with E-state index >= 15 is 0 Å². The van der Waals surface area contributed by atoms with E-state index in [0.717, 1.165) is 0 Å². The number of hydrogen-bond acceptors (Lipinski definition) is 0. The third-order valence-electron chi connectivity index (χ3n) is 6.44. The van der Waals surface area contributed by atoms with E-state index in [-0.39, 0.29) is 0 Å². The third kappa shape index (κ3) is 10.1. The molecule has 2 unspecified atom stereocenters. The zero-order chi connectivity index (χ0) is 20.6. The van der Waals surface area contributed by atoms with Crippen molar-refractivity contribution in [2.45, 2.75) is 110 Å². The molecule has 0 aliphatic carbocycles. The lowest BCUT2D eigenvalue weighted by Crippen LogP contribution is -2.41. The predicted molar refractivity (Wildman–Crippen MR) is 125 cm³/mol. The Balaban J connectivity index is 1.62. The second-order valence-corrected chi connectivity index (χ2v) is 8.95. The number of imidazole rings is 1. The highest BCUT2D eigenvalue weighted by Crippen LogP contribution is 2.24. The van der Waals surface area contributed by atoms with Crippen molar-refractivity contribution in [1.29, 1.82) is 0 Å². The van der Waals surface area contributed by atoms with Gasteiger partial charge in [-0.25, -0.2) is 4.57 Å². The summed E-state index contributed by atoms with van der Waals surface area (Å²) in [5, 5.41) is 0. The van der Waals surface area contributed by atoms with Gasteiger partial charge in [-0.3, -0.25) is 4.98 Å². The monoisotopic (exact) mass is 397 g/mol. The van der Waals surface area contributed by atoms with Crippen LogP contribution in [0.15, 0.2) is 49.1 Å². The Morgan fingerprint density at radius 3 is 2.00 bits per heavy atom. The second kappa shape index (κ2) is 15.3. The molecule has 2 heteroatoms. The van der Waals surface area contributed by atoms with Crippen LogP contribution in [0.2, 0.25) is 0 Å². The molecule has 162 valence electrons. The van der Waals surface area contributed by atoms with Crippen molar-refractivity contribution in [2.75, 3.05) is 0 Å². The minimum absolute atomic E-state index is 0.614. The molecule has 0 aliphatic rings. The SMILES string of the molecule is CCCCCCCCCCCCCC(C(C)CCc1ccccc1)[n+]1cc[nH]c1. The number of nitrogens with one attached hydrogen (secondary N) is 1. The van der Waals surface area contributed by atoms with Gasteiger partial charge in [-0.1, -0.05) is 108 Å². The van der Waals surface area contributed by atoms with Crippen LogP contribution in [0.4, 0.5) is 0 Å². The molecule has 2 rings (SSSR count). The van der Waals surface area contributed by atoms with Crippen LogP contribution in [0.3, 0.4) is 0 Å². The minimum Gasteiger partial charge on any atom is -0.250 e. The second-order valence-electron chi connectivity index (χ2n) is 8.95. The molecule has 0 bridgehead atoms. The first kappa shape index (κ1) is 23.7. The van der Waals surface area contributed by atoms with Crippen molar-refractivity contribution in [2.24, 2.45) is 5.92 Å². The summed E-state index contributed by atoms with van der Waals surface area (Å²) in [6, 6.07) is 11.6. The molecule has 0 fully saturated rings. The van der Waals surface area contributed by atoms with E-state index in [1.54, 1.807) is 0 Å². The molecule has 1 heterocycles. The Morgan fingerprint density at radius 1 is 0.793 bits per heavy atom. The number of hydrogen-bond donors (Lipinski definition) is 1. The molecular formula is C27H45N2+. The van der Waals surface area contributed by atoms with E-state index in [2.05, 4.69) is 72.5 Å². The summed E-state index contributed by atoms with van der Waals surface area (Å²) in [5.74, 6) is 0.694. The van der Waals surface area contributed by atoms with Gasteiger partial charge < -0.3 is 0 Å². The van der Waals surface area contributed by atoms with Crippen LogP contribution in [0.25, 0.3) is 0 Å². The molecular weight excluding hydrogens is 352 g/mol. The summed E-state index contributed by atoms with van der Waals surface area (Å²) in [6.07, 6.45) is 25.7. The molecule has 0 saturated carbocycles. The summed E-state index contributed by atoms with van der Waals surface area (Å²) < 4.78 is 2.41. The Kier molecular flexibility index (Phi) is 12.5. The van der Waals surface area contributed by atoms with Gasteiger partial charge in [0, 0.05) is 0 Å². The van der Waals surface area contributed by atoms with Gasteiger partial charge in [-0.2, -0.15) is 0 Å². The van der Waals surface area contributed by atoms with Crippen molar-refractivity contribution in [3.8, 4) is 0 Å². The maximum absolute atomic E-state index is 3.24. The molecule has 29 heavy (non-hydrogen) atoms. The van der Waals surface area contributed by atoms with Gasteiger partial charge in [0.25, 0.3) is 0 Å². The van der Waals surface area contributed by atoms with Gasteiger partial charge in [0.05, 0.1) is 0 Å². The van der Waals surface area contributed by atoms with Crippen LogP contribution in [0.5, 0.6) is 0 Å². The van der Waals surface area contributed by atoms with Crippen LogP contribution >= 0.6 is 0 Å². The summed E-state index contributed by atoms with van der Waals surface area (Å²) in [6.45, 7) is 4.73. The smallest absolute Gasteiger partial charge is 0.241 e. The minimum atomic E-state index is 0.614. The third-order valence-corrected chi connectivity index (χ3v) is 6.44. The number of aromatic amines is 1. The van der Waals surface area contributed by atoms with Crippen LogP contribution in [0, 0.1) is 5.92 Å². The quantitative estimate of drug-likeness (QED) is 0.207. The van der Waals surface area contributed by atoms with Gasteiger partial charge in [0.15, 0.2) is 0 Å². The van der Waals surface area contributed by atoms with E-state index in [0.29, 0.717) is 12.0 Å². The fourth-order valence-corrected chi connectivity index (χ4v) is 4.48. The number of H-pyrrole nitrogens is 1. The number of benzene rings is 1. The molecule has 1 N–H and O–H groups in total. The molecule has 1 aromatic carbocycles. The molecule has 0 amide bonds. The van der Waals surface area contributed by atoms with Gasteiger partial charge in [0.1, 0.15) is 18.4 Å². The lowest BCUT2D eigenvalue weighted by atomic mass is 9.90. The molecule has 0 spiro atoms. The number of nitrogens with zero attached hydrogens (tertiary/aromatic N) is 1. The van der Waals surface area contributed by atoms with Crippen molar-refractivity contribution >= 4 is 0 Å². The van der Waals surface area contributed by atoms with E-state index in [9.17, 15) is 0 Å². The number of unbranched alkanes of at least 4 members (excludes halogenated alkanes) is 10. The summed E-state index contributed by atoms with van der Waals surface area (Å²) in [7, 11) is 0. The van der Waals surface area contributed by atoms with Crippen molar-refractivity contribution < 1.29 is 4.57 Å². The van der Waals surface area contributed by atoms with Crippen molar-refractivity contribution in [1.82, 2.24) is 4.98 Å². The van der Waals surface area contributed by atoms with E-state index in [4.69, 9.17) is 0 Å². The van der Waals surface area contributed by atoms with E-state index < -0.39 is 0 Å². The molecule has 2 nitrogen and oxygen atoms in total. The first-order valence-corrected chi connectivity index (χ1v) is 12.4. The normalized spacial score (nSPS) is 13.4. The highest BCUT2D eigenvalue weighted by atomic mass is 15.1. The first-order valence-electron chi connectivity index (χ1n) is 12.4. The molecule has 0 saturated heterocycles. The van der Waals surface area contributed by atoms with Crippen LogP contribution in [-0.4, -0.2) is 4.98 Å². The Labute approximate surface area is 180 Å². The largest absolute Gasteiger partial charge is 0.250 e. The number of aryl methyl sites for hydroxylation is 1. The molecule has 0 aliphatic heterocycles. The average Bonchev–Trinajstić information content (AvgIpc) is 3.28. The van der Waals surface area contributed by atoms with Gasteiger partial charge in [-0.05, 0) is 37.2 Å². The zero-order valence-electron chi connectivity index (χ0n) is 19.1. The summed E-state index contributed by atoms with van der Waals surface area (Å²) >= 11 is 0. The lowest BCUT2D eigenvalue weighted by molar-refractivity contribution is -0.729. The van der Waals surface area contributed by atoms with Crippen LogP contribution in [0.1, 0.15) is 109 Å².